The normalized spacial score (nSPS) is 35.2. The van der Waals surface area contributed by atoms with E-state index in [-0.39, 0.29) is 56.3 Å². The predicted molar refractivity (Wildman–Crippen MR) is 204 cm³/mol. The highest BCUT2D eigenvalue weighted by Gasteiger charge is 2.69. The molecule has 0 radical (unpaired) electrons. The van der Waals surface area contributed by atoms with Gasteiger partial charge in [0.15, 0.2) is 18.2 Å². The Balaban J connectivity index is 1.16. The van der Waals surface area contributed by atoms with Crippen LogP contribution in [0.5, 0.6) is 0 Å². The second kappa shape index (κ2) is 17.5. The van der Waals surface area contributed by atoms with E-state index in [0.717, 1.165) is 24.2 Å². The molecule has 1 aromatic carbocycles. The molecule has 16 heteroatoms. The van der Waals surface area contributed by atoms with E-state index in [0.29, 0.717) is 17.9 Å². The highest BCUT2D eigenvalue weighted by atomic mass is 31.2. The van der Waals surface area contributed by atoms with Crippen LogP contribution in [-0.2, 0) is 47.2 Å². The van der Waals surface area contributed by atoms with E-state index in [1.807, 2.05) is 51.1 Å². The molecule has 5 saturated heterocycles. The minimum Gasteiger partial charge on any atom is -0.465 e. The fraction of sp³-hybridized carbons (Fsp3) is 0.725. The average molecular weight is 806 g/mol. The maximum Gasteiger partial charge on any atom is 0.408 e. The first-order valence-electron chi connectivity index (χ1n) is 20.2. The number of nitrogens with one attached hydrogen (secondary N) is 2. The summed E-state index contributed by atoms with van der Waals surface area (Å²) in [6, 6.07) is 6.26. The highest BCUT2D eigenvalue weighted by Crippen LogP contribution is 2.60. The third kappa shape index (κ3) is 8.90. The lowest BCUT2D eigenvalue weighted by molar-refractivity contribution is -0.578. The van der Waals surface area contributed by atoms with Crippen LogP contribution in [-0.4, -0.2) is 89.8 Å². The van der Waals surface area contributed by atoms with Gasteiger partial charge in [0.2, 0.25) is 17.6 Å². The molecule has 5 heterocycles. The Bertz CT molecular complexity index is 1620. The number of carbonyl (C=O) groups is 3. The number of carbonyl (C=O) groups excluding carboxylic acids is 2. The molecule has 12 atom stereocenters. The van der Waals surface area contributed by atoms with Crippen LogP contribution in [0.1, 0.15) is 98.6 Å². The van der Waals surface area contributed by atoms with E-state index in [1.165, 1.54) is 5.82 Å². The third-order valence-corrected chi connectivity index (χ3v) is 13.9. The number of benzene rings is 1. The third-order valence-electron chi connectivity index (χ3n) is 12.1. The van der Waals surface area contributed by atoms with Gasteiger partial charge in [-0.05, 0) is 75.8 Å². The SMILES string of the molecule is CCOP(=O)(/C=C/C(NC(=O)[C@H](CC(C)C)NC(=O)[C@@H]1C[C@@H](O[C@H]2O[C@@H]3O[C@@]4(C)CC[C@H]5[C@H](C)CC[C@@H]([C@H]2C)[C@@]35OO4)CN1C(=O)O)c1ccccc1)OCC. The largest absolute Gasteiger partial charge is 0.465 e. The van der Waals surface area contributed by atoms with Crippen molar-refractivity contribution in [3.05, 3.63) is 47.8 Å². The van der Waals surface area contributed by atoms with E-state index in [4.69, 9.17) is 33.0 Å². The van der Waals surface area contributed by atoms with Crippen LogP contribution >= 0.6 is 7.60 Å². The summed E-state index contributed by atoms with van der Waals surface area (Å²) in [5.41, 5.74) is -0.0659. The lowest BCUT2D eigenvalue weighted by Crippen LogP contribution is -2.70. The molecule has 7 rings (SSSR count). The van der Waals surface area contributed by atoms with E-state index in [2.05, 4.69) is 24.5 Å². The van der Waals surface area contributed by atoms with Gasteiger partial charge in [-0.2, -0.15) is 0 Å². The molecule has 1 aliphatic carbocycles. The summed E-state index contributed by atoms with van der Waals surface area (Å²) >= 11 is 0. The molecule has 3 N–H and O–H groups in total. The molecule has 1 unspecified atom stereocenters. The summed E-state index contributed by atoms with van der Waals surface area (Å²) in [4.78, 5) is 53.8. The van der Waals surface area contributed by atoms with Crippen molar-refractivity contribution >= 4 is 25.5 Å². The van der Waals surface area contributed by atoms with E-state index in [9.17, 15) is 24.1 Å². The van der Waals surface area contributed by atoms with Crippen LogP contribution < -0.4 is 10.6 Å². The molecule has 1 aromatic rings. The summed E-state index contributed by atoms with van der Waals surface area (Å²) < 4.78 is 43.7. The molecule has 0 aromatic heterocycles. The summed E-state index contributed by atoms with van der Waals surface area (Å²) in [5.74, 6) is -0.248. The predicted octanol–water partition coefficient (Wildman–Crippen LogP) is 6.50. The Hall–Kier alpha value is -2.88. The Morgan fingerprint density at radius 3 is 2.41 bits per heavy atom. The highest BCUT2D eigenvalue weighted by molar-refractivity contribution is 7.57. The zero-order valence-corrected chi connectivity index (χ0v) is 34.5. The Morgan fingerprint density at radius 1 is 1.04 bits per heavy atom. The van der Waals surface area contributed by atoms with Crippen LogP contribution in [0.4, 0.5) is 4.79 Å². The zero-order chi connectivity index (χ0) is 40.4. The van der Waals surface area contributed by atoms with Crippen molar-refractivity contribution in [3.63, 3.8) is 0 Å². The van der Waals surface area contributed by atoms with Crippen LogP contribution in [0, 0.1) is 29.6 Å². The number of hydrogen-bond acceptors (Lipinski definition) is 11. The molecule has 2 bridgehead atoms. The number of likely N-dealkylation sites (tertiary alicyclic amines) is 1. The molecular formula is C40H60N3O12P. The van der Waals surface area contributed by atoms with Crippen molar-refractivity contribution in [1.82, 2.24) is 15.5 Å². The fourth-order valence-electron chi connectivity index (χ4n) is 9.38. The lowest BCUT2D eigenvalue weighted by atomic mass is 9.58. The van der Waals surface area contributed by atoms with Gasteiger partial charge in [0, 0.05) is 30.5 Å². The minimum atomic E-state index is -3.59. The molecule has 1 saturated carbocycles. The van der Waals surface area contributed by atoms with Gasteiger partial charge in [-0.1, -0.05) is 58.0 Å². The van der Waals surface area contributed by atoms with Crippen molar-refractivity contribution in [2.45, 2.75) is 135 Å². The quantitative estimate of drug-likeness (QED) is 0.130. The van der Waals surface area contributed by atoms with Gasteiger partial charge in [-0.3, -0.25) is 19.1 Å². The molecule has 6 aliphatic rings. The average Bonchev–Trinajstić information content (AvgIpc) is 3.45. The number of nitrogens with zero attached hydrogens (tertiary/aromatic N) is 1. The van der Waals surface area contributed by atoms with Gasteiger partial charge in [-0.25, -0.2) is 14.6 Å². The van der Waals surface area contributed by atoms with Crippen molar-refractivity contribution in [1.29, 1.82) is 0 Å². The fourth-order valence-corrected chi connectivity index (χ4v) is 10.7. The second-order valence-corrected chi connectivity index (χ2v) is 18.4. The first-order valence-corrected chi connectivity index (χ1v) is 21.8. The molecule has 15 nitrogen and oxygen atoms in total. The summed E-state index contributed by atoms with van der Waals surface area (Å²) in [7, 11) is -3.59. The van der Waals surface area contributed by atoms with Gasteiger partial charge >= 0.3 is 13.7 Å². The van der Waals surface area contributed by atoms with Gasteiger partial charge in [0.25, 0.3) is 0 Å². The Kier molecular flexibility index (Phi) is 13.4. The van der Waals surface area contributed by atoms with Gasteiger partial charge in [0.1, 0.15) is 12.1 Å². The number of carboxylic acid groups (broad SMARTS) is 1. The minimum absolute atomic E-state index is 0.00292. The van der Waals surface area contributed by atoms with Crippen molar-refractivity contribution < 1.29 is 57.1 Å². The number of hydrogen-bond donors (Lipinski definition) is 3. The topological polar surface area (TPSA) is 180 Å². The molecule has 5 aliphatic heterocycles. The zero-order valence-electron chi connectivity index (χ0n) is 33.6. The van der Waals surface area contributed by atoms with Crippen LogP contribution in [0.25, 0.3) is 0 Å². The molecule has 3 amide bonds. The van der Waals surface area contributed by atoms with Gasteiger partial charge in [0.05, 0.1) is 31.9 Å². The first-order chi connectivity index (χ1) is 26.6. The van der Waals surface area contributed by atoms with E-state index in [1.54, 1.807) is 19.9 Å². The van der Waals surface area contributed by atoms with Crippen LogP contribution in [0.2, 0.25) is 0 Å². The Morgan fingerprint density at radius 2 is 1.75 bits per heavy atom. The maximum absolute atomic E-state index is 14.0. The van der Waals surface area contributed by atoms with Crippen molar-refractivity contribution in [2.24, 2.45) is 29.6 Å². The van der Waals surface area contributed by atoms with Gasteiger partial charge in [-0.15, -0.1) is 0 Å². The molecule has 312 valence electrons. The van der Waals surface area contributed by atoms with Crippen molar-refractivity contribution in [2.75, 3.05) is 19.8 Å². The number of rotatable bonds is 15. The molecular weight excluding hydrogens is 745 g/mol. The first kappa shape index (κ1) is 42.7. The maximum atomic E-state index is 14.0. The molecule has 56 heavy (non-hydrogen) atoms. The summed E-state index contributed by atoms with van der Waals surface area (Å²) in [6.07, 6.45) is 1.98. The smallest absolute Gasteiger partial charge is 0.408 e. The molecule has 6 fully saturated rings. The van der Waals surface area contributed by atoms with E-state index >= 15 is 0 Å². The Labute approximate surface area is 329 Å². The standard InChI is InChI=1S/C40H60N3O12P/c1-8-49-56(48,50-9-2)20-18-31(27-13-11-10-12-14-27)41-34(44)32(21-24(3)4)42-35(45)33-22-28(23-43(33)38(46)47)51-36-26(6)30-16-15-25(5)29-17-19-39(7)53-37(52-36)40(29,30)55-54-39/h10-14,18,20,24-26,28-33,36-37H,8-9,15-17,19,21-23H2,1-7H3,(H,41,44)(H,42,45)(H,46,47)/b20-18+/t25-,26-,28-,29+,30+,31?,32+,33+,36+,37-,39-,40-/m1/s1. The second-order valence-electron chi connectivity index (χ2n) is 16.5. The van der Waals surface area contributed by atoms with Crippen LogP contribution in [0.3, 0.4) is 0 Å². The van der Waals surface area contributed by atoms with E-state index < -0.39 is 73.7 Å². The number of fused-ring (bicyclic) bond motifs is 2. The summed E-state index contributed by atoms with van der Waals surface area (Å²) in [6.45, 7) is 13.7. The van der Waals surface area contributed by atoms with Crippen LogP contribution in [0.15, 0.2) is 42.2 Å². The lowest BCUT2D eigenvalue weighted by Gasteiger charge is -2.60. The summed E-state index contributed by atoms with van der Waals surface area (Å²) in [5, 5.41) is 16.1. The number of ether oxygens (including phenoxy) is 3. The van der Waals surface area contributed by atoms with Crippen molar-refractivity contribution in [3.8, 4) is 0 Å². The molecule has 1 spiro atoms. The number of amides is 3. The van der Waals surface area contributed by atoms with Gasteiger partial charge < -0.3 is 39.0 Å². The monoisotopic (exact) mass is 805 g/mol.